The molecule has 0 spiro atoms. The van der Waals surface area contributed by atoms with Crippen LogP contribution in [0.4, 0.5) is 0 Å². The molecule has 2 heterocycles. The van der Waals surface area contributed by atoms with Crippen molar-refractivity contribution in [3.63, 3.8) is 0 Å². The molecule has 0 fully saturated rings. The molecule has 0 saturated heterocycles. The maximum Gasteiger partial charge on any atom is 0.262 e. The van der Waals surface area contributed by atoms with Gasteiger partial charge in [0.2, 0.25) is 0 Å². The third kappa shape index (κ3) is 3.01. The summed E-state index contributed by atoms with van der Waals surface area (Å²) in [6.07, 6.45) is 12.1. The van der Waals surface area contributed by atoms with Gasteiger partial charge < -0.3 is 8.98 Å². The molecule has 0 atom stereocenters. The van der Waals surface area contributed by atoms with Crippen molar-refractivity contribution in [2.45, 2.75) is 64.2 Å². The van der Waals surface area contributed by atoms with Crippen LogP contribution >= 0.6 is 0 Å². The van der Waals surface area contributed by atoms with Gasteiger partial charge >= 0.3 is 0 Å². The van der Waals surface area contributed by atoms with Crippen LogP contribution in [0, 0.1) is 0 Å². The van der Waals surface area contributed by atoms with Gasteiger partial charge in [0.25, 0.3) is 5.56 Å². The summed E-state index contributed by atoms with van der Waals surface area (Å²) in [4.78, 5) is 13.1. The van der Waals surface area contributed by atoms with E-state index in [-0.39, 0.29) is 5.56 Å². The predicted octanol–water partition coefficient (Wildman–Crippen LogP) is 5.50. The zero-order valence-corrected chi connectivity index (χ0v) is 15.1. The van der Waals surface area contributed by atoms with Gasteiger partial charge in [-0.3, -0.25) is 4.79 Å². The maximum atomic E-state index is 13.1. The standard InChI is InChI=1S/C22H27NO2/c1-23-18-14-11-10-12-16(18)21-20(22(23)24)17-13-8-6-4-2-3-5-7-9-15-19(17)25-21/h10-12,14H,2-9,13,15H2,1H3. The molecule has 25 heavy (non-hydrogen) atoms. The van der Waals surface area contributed by atoms with Crippen LogP contribution in [0.2, 0.25) is 0 Å². The van der Waals surface area contributed by atoms with E-state index in [4.69, 9.17) is 4.42 Å². The number of para-hydroxylation sites is 1. The number of rotatable bonds is 0. The van der Waals surface area contributed by atoms with Crippen molar-refractivity contribution in [1.29, 1.82) is 0 Å². The normalized spacial score (nSPS) is 17.2. The quantitative estimate of drug-likeness (QED) is 0.542. The first-order valence-electron chi connectivity index (χ1n) is 9.79. The van der Waals surface area contributed by atoms with E-state index in [0.29, 0.717) is 0 Å². The molecule has 0 bridgehead atoms. The fourth-order valence-electron chi connectivity index (χ4n) is 4.28. The van der Waals surface area contributed by atoms with Crippen LogP contribution in [0.5, 0.6) is 0 Å². The van der Waals surface area contributed by atoms with Gasteiger partial charge in [0, 0.05) is 24.4 Å². The van der Waals surface area contributed by atoms with Crippen molar-refractivity contribution in [1.82, 2.24) is 4.57 Å². The summed E-state index contributed by atoms with van der Waals surface area (Å²) in [6.45, 7) is 0. The van der Waals surface area contributed by atoms with Crippen molar-refractivity contribution in [2.75, 3.05) is 0 Å². The molecule has 0 radical (unpaired) electrons. The van der Waals surface area contributed by atoms with Crippen molar-refractivity contribution in [3.8, 4) is 0 Å². The third-order valence-corrected chi connectivity index (χ3v) is 5.70. The molecule has 4 rings (SSSR count). The Labute approximate surface area is 148 Å². The first-order valence-corrected chi connectivity index (χ1v) is 9.79. The molecule has 0 N–H and O–H groups in total. The summed E-state index contributed by atoms with van der Waals surface area (Å²) in [5.41, 5.74) is 3.02. The molecular formula is C22H27NO2. The number of hydrogen-bond donors (Lipinski definition) is 0. The first-order chi connectivity index (χ1) is 12.3. The number of nitrogens with zero attached hydrogens (tertiary/aromatic N) is 1. The van der Waals surface area contributed by atoms with Crippen molar-refractivity contribution < 1.29 is 4.42 Å². The van der Waals surface area contributed by atoms with Crippen molar-refractivity contribution in [2.24, 2.45) is 7.05 Å². The maximum absolute atomic E-state index is 13.1. The molecule has 2 aromatic heterocycles. The molecule has 0 aliphatic heterocycles. The Hall–Kier alpha value is -2.03. The minimum atomic E-state index is 0.0887. The summed E-state index contributed by atoms with van der Waals surface area (Å²) in [7, 11) is 1.87. The van der Waals surface area contributed by atoms with Crippen LogP contribution in [0.25, 0.3) is 21.9 Å². The fraction of sp³-hybridized carbons (Fsp3) is 0.500. The molecule has 1 aliphatic rings. The summed E-state index contributed by atoms with van der Waals surface area (Å²) < 4.78 is 8.11. The molecule has 3 aromatic rings. The average Bonchev–Trinajstić information content (AvgIpc) is 2.98. The SMILES string of the molecule is Cn1c(=O)c2c3c(oc2c2ccccc21)CCCCCCCCCC3. The number of aryl methyl sites for hydroxylation is 3. The van der Waals surface area contributed by atoms with E-state index < -0.39 is 0 Å². The Morgan fingerprint density at radius 2 is 1.52 bits per heavy atom. The highest BCUT2D eigenvalue weighted by atomic mass is 16.3. The van der Waals surface area contributed by atoms with Crippen LogP contribution in [0.15, 0.2) is 33.5 Å². The van der Waals surface area contributed by atoms with Gasteiger partial charge in [0.05, 0.1) is 10.9 Å². The highest BCUT2D eigenvalue weighted by Crippen LogP contribution is 2.32. The van der Waals surface area contributed by atoms with Gasteiger partial charge in [-0.25, -0.2) is 0 Å². The van der Waals surface area contributed by atoms with Gasteiger partial charge in [0.15, 0.2) is 0 Å². The Morgan fingerprint density at radius 1 is 0.880 bits per heavy atom. The van der Waals surface area contributed by atoms with Crippen LogP contribution in [-0.2, 0) is 19.9 Å². The second-order valence-corrected chi connectivity index (χ2v) is 7.42. The van der Waals surface area contributed by atoms with Gasteiger partial charge in [-0.1, -0.05) is 50.7 Å². The number of benzene rings is 1. The van der Waals surface area contributed by atoms with Crippen LogP contribution < -0.4 is 5.56 Å². The minimum Gasteiger partial charge on any atom is -0.460 e. The Morgan fingerprint density at radius 3 is 2.28 bits per heavy atom. The van der Waals surface area contributed by atoms with Crippen molar-refractivity contribution in [3.05, 3.63) is 45.9 Å². The smallest absolute Gasteiger partial charge is 0.262 e. The highest BCUT2D eigenvalue weighted by Gasteiger charge is 2.20. The van der Waals surface area contributed by atoms with E-state index in [9.17, 15) is 4.79 Å². The van der Waals surface area contributed by atoms with E-state index >= 15 is 0 Å². The zero-order valence-electron chi connectivity index (χ0n) is 15.1. The number of furan rings is 1. The monoisotopic (exact) mass is 337 g/mol. The van der Waals surface area contributed by atoms with Crippen LogP contribution in [-0.4, -0.2) is 4.57 Å². The zero-order chi connectivity index (χ0) is 17.2. The lowest BCUT2D eigenvalue weighted by Crippen LogP contribution is -2.17. The van der Waals surface area contributed by atoms with Gasteiger partial charge in [0.1, 0.15) is 11.3 Å². The molecule has 0 amide bonds. The Bertz CT molecular complexity index is 948. The second kappa shape index (κ2) is 7.07. The lowest BCUT2D eigenvalue weighted by atomic mass is 9.98. The first kappa shape index (κ1) is 16.4. The molecule has 132 valence electrons. The van der Waals surface area contributed by atoms with Gasteiger partial charge in [-0.2, -0.15) is 0 Å². The largest absolute Gasteiger partial charge is 0.460 e. The number of pyridine rings is 1. The molecule has 0 saturated carbocycles. The Kier molecular flexibility index (Phi) is 4.65. The van der Waals surface area contributed by atoms with Crippen LogP contribution in [0.1, 0.15) is 62.7 Å². The molecule has 1 aliphatic carbocycles. The third-order valence-electron chi connectivity index (χ3n) is 5.70. The second-order valence-electron chi connectivity index (χ2n) is 7.42. The minimum absolute atomic E-state index is 0.0887. The average molecular weight is 337 g/mol. The molecule has 1 aromatic carbocycles. The highest BCUT2D eigenvalue weighted by molar-refractivity contribution is 6.03. The van der Waals surface area contributed by atoms with E-state index in [1.165, 1.54) is 44.1 Å². The lowest BCUT2D eigenvalue weighted by molar-refractivity contribution is 0.503. The van der Waals surface area contributed by atoms with E-state index in [2.05, 4.69) is 6.07 Å². The van der Waals surface area contributed by atoms with Crippen LogP contribution in [0.3, 0.4) is 0 Å². The lowest BCUT2D eigenvalue weighted by Gasteiger charge is -2.07. The number of hydrogen-bond acceptors (Lipinski definition) is 2. The molecule has 3 heteroatoms. The van der Waals surface area contributed by atoms with Crippen molar-refractivity contribution >= 4 is 21.9 Å². The van der Waals surface area contributed by atoms with E-state index in [1.54, 1.807) is 4.57 Å². The Balaban J connectivity index is 1.90. The molecular weight excluding hydrogens is 310 g/mol. The fourth-order valence-corrected chi connectivity index (χ4v) is 4.28. The number of aromatic nitrogens is 1. The summed E-state index contributed by atoms with van der Waals surface area (Å²) in [6, 6.07) is 8.08. The topological polar surface area (TPSA) is 35.1 Å². The summed E-state index contributed by atoms with van der Waals surface area (Å²) in [5, 5.41) is 1.88. The molecule has 0 unspecified atom stereocenters. The summed E-state index contributed by atoms with van der Waals surface area (Å²) >= 11 is 0. The van der Waals surface area contributed by atoms with E-state index in [1.807, 2.05) is 25.2 Å². The predicted molar refractivity (Wildman–Crippen MR) is 103 cm³/mol. The van der Waals surface area contributed by atoms with Gasteiger partial charge in [-0.15, -0.1) is 0 Å². The number of fused-ring (bicyclic) bond motifs is 5. The van der Waals surface area contributed by atoms with Gasteiger partial charge in [-0.05, 0) is 31.4 Å². The molecule has 3 nitrogen and oxygen atoms in total. The van der Waals surface area contributed by atoms with E-state index in [0.717, 1.165) is 53.3 Å². The summed E-state index contributed by atoms with van der Waals surface area (Å²) in [5.74, 6) is 1.06.